The summed E-state index contributed by atoms with van der Waals surface area (Å²) in [5, 5.41) is 2.89. The summed E-state index contributed by atoms with van der Waals surface area (Å²) in [7, 11) is 0. The zero-order valence-corrected chi connectivity index (χ0v) is 13.3. The monoisotopic (exact) mass is 370 g/mol. The number of H-pyrrole nitrogens is 1. The van der Waals surface area contributed by atoms with Gasteiger partial charge in [-0.05, 0) is 42.0 Å². The largest absolute Gasteiger partial charge is 0.416 e. The van der Waals surface area contributed by atoms with Crippen molar-refractivity contribution < 1.29 is 22.4 Å². The van der Waals surface area contributed by atoms with Crippen molar-refractivity contribution in [2.24, 2.45) is 0 Å². The molecule has 1 amide bonds. The zero-order valence-electron chi connectivity index (χ0n) is 12.5. The van der Waals surface area contributed by atoms with Crippen molar-refractivity contribution in [3.05, 3.63) is 64.6 Å². The maximum atomic E-state index is 13.3. The third-order valence-corrected chi connectivity index (χ3v) is 3.98. The summed E-state index contributed by atoms with van der Waals surface area (Å²) in [6.07, 6.45) is -3.13. The fourth-order valence-electron chi connectivity index (χ4n) is 2.46. The summed E-state index contributed by atoms with van der Waals surface area (Å²) in [6.45, 7) is 0. The maximum Gasteiger partial charge on any atom is 0.416 e. The van der Waals surface area contributed by atoms with Gasteiger partial charge in [-0.2, -0.15) is 13.2 Å². The Kier molecular flexibility index (Phi) is 4.43. The Bertz CT molecular complexity index is 949. The van der Waals surface area contributed by atoms with E-state index in [4.69, 9.17) is 11.6 Å². The van der Waals surface area contributed by atoms with Crippen LogP contribution in [0.5, 0.6) is 0 Å². The molecule has 0 saturated carbocycles. The van der Waals surface area contributed by atoms with Crippen LogP contribution in [-0.2, 0) is 17.4 Å². The van der Waals surface area contributed by atoms with Gasteiger partial charge in [0.1, 0.15) is 5.82 Å². The number of rotatable bonds is 3. The minimum atomic E-state index is -4.54. The molecule has 0 bridgehead atoms. The Morgan fingerprint density at radius 1 is 1.16 bits per heavy atom. The minimum absolute atomic E-state index is 0.00804. The lowest BCUT2D eigenvalue weighted by Gasteiger charge is -2.11. The van der Waals surface area contributed by atoms with Gasteiger partial charge in [-0.15, -0.1) is 0 Å². The van der Waals surface area contributed by atoms with Crippen LogP contribution >= 0.6 is 11.6 Å². The van der Waals surface area contributed by atoms with Crippen LogP contribution in [0, 0.1) is 5.82 Å². The smallest absolute Gasteiger partial charge is 0.361 e. The second-order valence-electron chi connectivity index (χ2n) is 5.42. The highest BCUT2D eigenvalue weighted by Crippen LogP contribution is 2.34. The predicted molar refractivity (Wildman–Crippen MR) is 87.0 cm³/mol. The van der Waals surface area contributed by atoms with Crippen molar-refractivity contribution in [2.45, 2.75) is 12.6 Å². The van der Waals surface area contributed by atoms with E-state index in [1.807, 2.05) is 0 Å². The zero-order chi connectivity index (χ0) is 18.2. The second-order valence-corrected chi connectivity index (χ2v) is 5.83. The molecule has 0 saturated heterocycles. The number of halogens is 5. The lowest BCUT2D eigenvalue weighted by molar-refractivity contribution is -0.137. The Labute approximate surface area is 144 Å². The number of anilines is 1. The van der Waals surface area contributed by atoms with Crippen LogP contribution in [0.2, 0.25) is 5.02 Å². The number of alkyl halides is 3. The highest BCUT2D eigenvalue weighted by Gasteiger charge is 2.31. The Morgan fingerprint density at radius 3 is 2.64 bits per heavy atom. The molecule has 0 unspecified atom stereocenters. The standard InChI is InChI=1S/C17H11ClF4N2O/c18-13-3-1-10(17(20,21)22)6-15(13)24-16(25)5-9-8-23-14-4-2-11(19)7-12(9)14/h1-4,6-8,23H,5H2,(H,24,25). The summed E-state index contributed by atoms with van der Waals surface area (Å²) in [5.74, 6) is -1.01. The van der Waals surface area contributed by atoms with E-state index in [-0.39, 0.29) is 17.1 Å². The summed E-state index contributed by atoms with van der Waals surface area (Å²) in [5.41, 5.74) is 0.130. The van der Waals surface area contributed by atoms with Crippen LogP contribution in [0.15, 0.2) is 42.6 Å². The molecule has 3 aromatic rings. The number of aromatic amines is 1. The van der Waals surface area contributed by atoms with Crippen LogP contribution in [0.25, 0.3) is 10.9 Å². The van der Waals surface area contributed by atoms with Crippen molar-refractivity contribution in [2.75, 3.05) is 5.32 Å². The lowest BCUT2D eigenvalue weighted by atomic mass is 10.1. The molecule has 130 valence electrons. The van der Waals surface area contributed by atoms with Gasteiger partial charge in [-0.25, -0.2) is 4.39 Å². The molecule has 2 aromatic carbocycles. The van der Waals surface area contributed by atoms with Crippen molar-refractivity contribution in [1.82, 2.24) is 4.98 Å². The number of carbonyl (C=O) groups is 1. The molecule has 3 rings (SSSR count). The average molecular weight is 371 g/mol. The number of nitrogens with one attached hydrogen (secondary N) is 2. The molecule has 0 aliphatic heterocycles. The first kappa shape index (κ1) is 17.3. The number of aromatic nitrogens is 1. The quantitative estimate of drug-likeness (QED) is 0.614. The Hall–Kier alpha value is -2.54. The lowest BCUT2D eigenvalue weighted by Crippen LogP contribution is -2.15. The molecule has 0 spiro atoms. The van der Waals surface area contributed by atoms with E-state index < -0.39 is 23.5 Å². The Morgan fingerprint density at radius 2 is 1.92 bits per heavy atom. The molecule has 8 heteroatoms. The van der Waals surface area contributed by atoms with Gasteiger partial charge in [-0.3, -0.25) is 4.79 Å². The van der Waals surface area contributed by atoms with Gasteiger partial charge in [0.15, 0.2) is 0 Å². The van der Waals surface area contributed by atoms with Crippen molar-refractivity contribution in [3.63, 3.8) is 0 Å². The van der Waals surface area contributed by atoms with E-state index in [2.05, 4.69) is 10.3 Å². The first-order valence-corrected chi connectivity index (χ1v) is 7.54. The SMILES string of the molecule is O=C(Cc1c[nH]c2ccc(F)cc12)Nc1cc(C(F)(F)F)ccc1Cl. The molecule has 0 fully saturated rings. The van der Waals surface area contributed by atoms with Crippen molar-refractivity contribution in [1.29, 1.82) is 0 Å². The second kappa shape index (κ2) is 6.40. The van der Waals surface area contributed by atoms with Gasteiger partial charge in [0.2, 0.25) is 5.91 Å². The van der Waals surface area contributed by atoms with E-state index in [1.54, 1.807) is 6.20 Å². The number of benzene rings is 2. The molecule has 2 N–H and O–H groups in total. The minimum Gasteiger partial charge on any atom is -0.361 e. The topological polar surface area (TPSA) is 44.9 Å². The Balaban J connectivity index is 1.82. The predicted octanol–water partition coefficient (Wildman–Crippen LogP) is 5.16. The molecule has 1 aromatic heterocycles. The van der Waals surface area contributed by atoms with Gasteiger partial charge in [-0.1, -0.05) is 11.6 Å². The fourth-order valence-corrected chi connectivity index (χ4v) is 2.63. The van der Waals surface area contributed by atoms with Crippen molar-refractivity contribution >= 4 is 34.1 Å². The van der Waals surface area contributed by atoms with Crippen LogP contribution in [0.1, 0.15) is 11.1 Å². The number of amides is 1. The van der Waals surface area contributed by atoms with Crippen LogP contribution in [-0.4, -0.2) is 10.9 Å². The summed E-state index contributed by atoms with van der Waals surface area (Å²) >= 11 is 5.85. The third kappa shape index (κ3) is 3.76. The summed E-state index contributed by atoms with van der Waals surface area (Å²) in [6, 6.07) is 6.78. The number of fused-ring (bicyclic) bond motifs is 1. The first-order valence-electron chi connectivity index (χ1n) is 7.16. The van der Waals surface area contributed by atoms with E-state index in [9.17, 15) is 22.4 Å². The molecular formula is C17H11ClF4N2O. The van der Waals surface area contributed by atoms with E-state index in [0.29, 0.717) is 16.5 Å². The maximum absolute atomic E-state index is 13.3. The number of carbonyl (C=O) groups excluding carboxylic acids is 1. The molecule has 0 aliphatic rings. The van der Waals surface area contributed by atoms with Gasteiger partial charge in [0.05, 0.1) is 22.7 Å². The van der Waals surface area contributed by atoms with Crippen molar-refractivity contribution in [3.8, 4) is 0 Å². The highest BCUT2D eigenvalue weighted by molar-refractivity contribution is 6.33. The van der Waals surface area contributed by atoms with Crippen LogP contribution < -0.4 is 5.32 Å². The molecular weight excluding hydrogens is 360 g/mol. The molecule has 25 heavy (non-hydrogen) atoms. The fraction of sp³-hybridized carbons (Fsp3) is 0.118. The van der Waals surface area contributed by atoms with Gasteiger partial charge in [0, 0.05) is 17.1 Å². The molecule has 3 nitrogen and oxygen atoms in total. The van der Waals surface area contributed by atoms with E-state index in [1.165, 1.54) is 18.2 Å². The van der Waals surface area contributed by atoms with Gasteiger partial charge in [0.25, 0.3) is 0 Å². The summed E-state index contributed by atoms with van der Waals surface area (Å²) < 4.78 is 51.6. The third-order valence-electron chi connectivity index (χ3n) is 3.65. The van der Waals surface area contributed by atoms with Gasteiger partial charge < -0.3 is 10.3 Å². The first-order chi connectivity index (χ1) is 11.7. The number of hydrogen-bond acceptors (Lipinski definition) is 1. The van der Waals surface area contributed by atoms with E-state index in [0.717, 1.165) is 18.2 Å². The van der Waals surface area contributed by atoms with Crippen LogP contribution in [0.4, 0.5) is 23.2 Å². The molecule has 0 atom stereocenters. The molecule has 0 aliphatic carbocycles. The summed E-state index contributed by atoms with van der Waals surface area (Å²) in [4.78, 5) is 15.1. The van der Waals surface area contributed by atoms with Gasteiger partial charge >= 0.3 is 6.18 Å². The van der Waals surface area contributed by atoms with E-state index >= 15 is 0 Å². The highest BCUT2D eigenvalue weighted by atomic mass is 35.5. The molecule has 1 heterocycles. The average Bonchev–Trinajstić information content (AvgIpc) is 2.90. The molecule has 0 radical (unpaired) electrons. The number of hydrogen-bond donors (Lipinski definition) is 2. The van der Waals surface area contributed by atoms with Crippen LogP contribution in [0.3, 0.4) is 0 Å². The normalized spacial score (nSPS) is 11.7.